The van der Waals surface area contributed by atoms with E-state index in [1.165, 1.54) is 19.3 Å². The Bertz CT molecular complexity index is 863. The largest absolute Gasteiger partial charge is 0.444 e. The molecule has 6 heteroatoms. The summed E-state index contributed by atoms with van der Waals surface area (Å²) in [5.41, 5.74) is 2.27. The molecule has 1 aliphatic carbocycles. The van der Waals surface area contributed by atoms with Gasteiger partial charge in [0.15, 0.2) is 0 Å². The Hall–Kier alpha value is -2.21. The summed E-state index contributed by atoms with van der Waals surface area (Å²) in [5, 5.41) is 3.51. The van der Waals surface area contributed by atoms with Crippen molar-refractivity contribution in [3.05, 3.63) is 36.2 Å². The summed E-state index contributed by atoms with van der Waals surface area (Å²) in [7, 11) is 0. The molecule has 29 heavy (non-hydrogen) atoms. The highest BCUT2D eigenvalue weighted by Crippen LogP contribution is 2.40. The molecule has 1 saturated heterocycles. The van der Waals surface area contributed by atoms with Crippen LogP contribution in [0.1, 0.15) is 58.6 Å². The van der Waals surface area contributed by atoms with Crippen LogP contribution in [0.2, 0.25) is 0 Å². The minimum atomic E-state index is -0.470. The number of aromatic nitrogens is 2. The lowest BCUT2D eigenvalue weighted by molar-refractivity contribution is 0.0104. The Morgan fingerprint density at radius 2 is 1.97 bits per heavy atom. The number of carbonyl (C=O) groups excluding carboxylic acids is 1. The molecule has 1 amide bonds. The predicted octanol–water partition coefficient (Wildman–Crippen LogP) is 4.29. The van der Waals surface area contributed by atoms with Crippen LogP contribution in [0.4, 0.5) is 4.79 Å². The lowest BCUT2D eigenvalue weighted by atomic mass is 9.85. The maximum atomic E-state index is 13.0. The third-order valence-electron chi connectivity index (χ3n) is 5.98. The van der Waals surface area contributed by atoms with E-state index in [-0.39, 0.29) is 12.1 Å². The first-order valence-corrected chi connectivity index (χ1v) is 10.8. The quantitative estimate of drug-likeness (QED) is 0.835. The number of likely N-dealkylation sites (tertiary alicyclic amines) is 1. The molecular weight excluding hydrogens is 364 g/mol. The van der Waals surface area contributed by atoms with Crippen LogP contribution in [-0.4, -0.2) is 45.2 Å². The van der Waals surface area contributed by atoms with Crippen molar-refractivity contribution in [1.82, 2.24) is 20.2 Å². The SMILES string of the molecule is CC(C)(C)OC(=O)N1[C@H](CNCc2cnc3ccccc3n2)C[C@@H]2CCCC[C@@H]21. The van der Waals surface area contributed by atoms with E-state index in [2.05, 4.69) is 15.3 Å². The highest BCUT2D eigenvalue weighted by molar-refractivity contribution is 5.73. The van der Waals surface area contributed by atoms with Crippen molar-refractivity contribution in [3.8, 4) is 0 Å². The van der Waals surface area contributed by atoms with Crippen LogP contribution < -0.4 is 5.32 Å². The van der Waals surface area contributed by atoms with Gasteiger partial charge in [-0.05, 0) is 58.1 Å². The number of nitrogens with zero attached hydrogens (tertiary/aromatic N) is 3. The van der Waals surface area contributed by atoms with E-state index in [1.54, 1.807) is 0 Å². The average Bonchev–Trinajstić information content (AvgIpc) is 3.05. The van der Waals surface area contributed by atoms with Gasteiger partial charge < -0.3 is 15.0 Å². The zero-order valence-corrected chi connectivity index (χ0v) is 17.7. The summed E-state index contributed by atoms with van der Waals surface area (Å²) < 4.78 is 5.75. The Morgan fingerprint density at radius 1 is 1.21 bits per heavy atom. The topological polar surface area (TPSA) is 67.3 Å². The first-order valence-electron chi connectivity index (χ1n) is 10.8. The number of ether oxygens (including phenoxy) is 1. The van der Waals surface area contributed by atoms with Gasteiger partial charge in [-0.25, -0.2) is 9.78 Å². The molecule has 2 aliphatic rings. The maximum Gasteiger partial charge on any atom is 0.410 e. The van der Waals surface area contributed by atoms with Gasteiger partial charge >= 0.3 is 6.09 Å². The third kappa shape index (κ3) is 4.69. The van der Waals surface area contributed by atoms with Crippen molar-refractivity contribution < 1.29 is 9.53 Å². The van der Waals surface area contributed by atoms with Gasteiger partial charge in [0, 0.05) is 25.2 Å². The molecule has 2 aromatic rings. The molecule has 6 nitrogen and oxygen atoms in total. The second-order valence-corrected chi connectivity index (χ2v) is 9.37. The van der Waals surface area contributed by atoms with Gasteiger partial charge in [0.1, 0.15) is 5.60 Å². The van der Waals surface area contributed by atoms with E-state index in [4.69, 9.17) is 4.74 Å². The normalized spacial score (nSPS) is 24.5. The molecule has 1 saturated carbocycles. The van der Waals surface area contributed by atoms with Crippen molar-refractivity contribution in [2.24, 2.45) is 5.92 Å². The smallest absolute Gasteiger partial charge is 0.410 e. The van der Waals surface area contributed by atoms with E-state index in [9.17, 15) is 4.79 Å². The van der Waals surface area contributed by atoms with E-state index >= 15 is 0 Å². The van der Waals surface area contributed by atoms with Gasteiger partial charge in [0.2, 0.25) is 0 Å². The molecule has 1 aromatic heterocycles. The molecule has 0 unspecified atom stereocenters. The van der Waals surface area contributed by atoms with Gasteiger partial charge in [-0.15, -0.1) is 0 Å². The monoisotopic (exact) mass is 396 g/mol. The first kappa shape index (κ1) is 20.1. The molecule has 3 atom stereocenters. The fourth-order valence-corrected chi connectivity index (χ4v) is 4.79. The Morgan fingerprint density at radius 3 is 2.76 bits per heavy atom. The lowest BCUT2D eigenvalue weighted by Crippen LogP contribution is -2.48. The number of fused-ring (bicyclic) bond motifs is 2. The Labute approximate surface area is 173 Å². The van der Waals surface area contributed by atoms with Crippen LogP contribution in [-0.2, 0) is 11.3 Å². The summed E-state index contributed by atoms with van der Waals surface area (Å²) in [6.07, 6.45) is 7.51. The molecule has 2 fully saturated rings. The summed E-state index contributed by atoms with van der Waals surface area (Å²) >= 11 is 0. The third-order valence-corrected chi connectivity index (χ3v) is 5.98. The molecule has 1 N–H and O–H groups in total. The van der Waals surface area contributed by atoms with E-state index in [1.807, 2.05) is 56.1 Å². The maximum absolute atomic E-state index is 13.0. The Balaban J connectivity index is 1.41. The molecule has 1 aliphatic heterocycles. The van der Waals surface area contributed by atoms with Crippen LogP contribution in [0.25, 0.3) is 11.0 Å². The van der Waals surface area contributed by atoms with Crippen molar-refractivity contribution in [3.63, 3.8) is 0 Å². The van der Waals surface area contributed by atoms with Crippen molar-refractivity contribution in [2.45, 2.75) is 77.1 Å². The fraction of sp³-hybridized carbons (Fsp3) is 0.609. The zero-order valence-electron chi connectivity index (χ0n) is 17.7. The molecule has 2 heterocycles. The van der Waals surface area contributed by atoms with Crippen LogP contribution >= 0.6 is 0 Å². The van der Waals surface area contributed by atoms with Crippen LogP contribution in [0.3, 0.4) is 0 Å². The summed E-state index contributed by atoms with van der Waals surface area (Å²) in [4.78, 5) is 24.2. The summed E-state index contributed by atoms with van der Waals surface area (Å²) in [6.45, 7) is 7.20. The number of benzene rings is 1. The number of amides is 1. The molecule has 4 rings (SSSR count). The van der Waals surface area contributed by atoms with Crippen molar-refractivity contribution in [2.75, 3.05) is 6.54 Å². The van der Waals surface area contributed by atoms with Crippen LogP contribution in [0.5, 0.6) is 0 Å². The molecular formula is C23H32N4O2. The number of hydrogen-bond donors (Lipinski definition) is 1. The Kier molecular flexibility index (Phi) is 5.72. The van der Waals surface area contributed by atoms with E-state index in [0.29, 0.717) is 18.5 Å². The summed E-state index contributed by atoms with van der Waals surface area (Å²) in [6, 6.07) is 8.40. The first-order chi connectivity index (χ1) is 13.9. The van der Waals surface area contributed by atoms with Gasteiger partial charge in [-0.2, -0.15) is 0 Å². The molecule has 0 spiro atoms. The highest BCUT2D eigenvalue weighted by Gasteiger charge is 2.45. The number of nitrogens with one attached hydrogen (secondary N) is 1. The predicted molar refractivity (Wildman–Crippen MR) is 113 cm³/mol. The van der Waals surface area contributed by atoms with Crippen molar-refractivity contribution in [1.29, 1.82) is 0 Å². The molecule has 1 aromatic carbocycles. The number of hydrogen-bond acceptors (Lipinski definition) is 5. The molecule has 0 radical (unpaired) electrons. The van der Waals surface area contributed by atoms with Crippen LogP contribution in [0, 0.1) is 5.92 Å². The second-order valence-electron chi connectivity index (χ2n) is 9.37. The van der Waals surface area contributed by atoms with E-state index < -0.39 is 5.60 Å². The van der Waals surface area contributed by atoms with Crippen LogP contribution in [0.15, 0.2) is 30.5 Å². The number of para-hydroxylation sites is 2. The number of rotatable bonds is 4. The van der Waals surface area contributed by atoms with Gasteiger partial charge in [0.25, 0.3) is 0 Å². The zero-order chi connectivity index (χ0) is 20.4. The van der Waals surface area contributed by atoms with Gasteiger partial charge in [-0.1, -0.05) is 25.0 Å². The molecule has 156 valence electrons. The summed E-state index contributed by atoms with van der Waals surface area (Å²) in [5.74, 6) is 0.600. The van der Waals surface area contributed by atoms with Gasteiger partial charge in [-0.3, -0.25) is 4.98 Å². The standard InChI is InChI=1S/C23H32N4O2/c1-23(2,3)29-22(28)27-18(12-16-8-4-7-11-21(16)27)15-24-13-17-14-25-19-9-5-6-10-20(19)26-17/h5-6,9-10,14,16,18,21,24H,4,7-8,11-13,15H2,1-3H3/t16-,18-,21-/m0/s1. The minimum Gasteiger partial charge on any atom is -0.444 e. The number of carbonyl (C=O) groups is 1. The molecule has 0 bridgehead atoms. The lowest BCUT2D eigenvalue weighted by Gasteiger charge is -2.35. The highest BCUT2D eigenvalue weighted by atomic mass is 16.6. The fourth-order valence-electron chi connectivity index (χ4n) is 4.79. The van der Waals surface area contributed by atoms with Gasteiger partial charge in [0.05, 0.1) is 22.9 Å². The minimum absolute atomic E-state index is 0.163. The van der Waals surface area contributed by atoms with Crippen molar-refractivity contribution >= 4 is 17.1 Å². The van der Waals surface area contributed by atoms with E-state index in [0.717, 1.165) is 36.1 Å². The second kappa shape index (κ2) is 8.27. The average molecular weight is 397 g/mol.